The number of aryl methyl sites for hydroxylation is 1. The Labute approximate surface area is 268 Å². The Balaban J connectivity index is 0.00000345. The highest BCUT2D eigenvalue weighted by molar-refractivity contribution is 6.13. The largest absolute Gasteiger partial charge is 0.444 e. The summed E-state index contributed by atoms with van der Waals surface area (Å²) in [6, 6.07) is 7.36. The van der Waals surface area contributed by atoms with Crippen LogP contribution in [0.2, 0.25) is 0 Å². The molecule has 45 heavy (non-hydrogen) atoms. The number of benzene rings is 1. The minimum absolute atomic E-state index is 0.0285. The smallest absolute Gasteiger partial charge is 0.419 e. The Morgan fingerprint density at radius 1 is 1.00 bits per heavy atom. The summed E-state index contributed by atoms with van der Waals surface area (Å²) < 4.78 is 51.0. The van der Waals surface area contributed by atoms with Crippen molar-refractivity contribution >= 4 is 41.3 Å². The summed E-state index contributed by atoms with van der Waals surface area (Å²) >= 11 is 5.15. The average Bonchev–Trinajstić information content (AvgIpc) is 3.00. The van der Waals surface area contributed by atoms with Crippen LogP contribution in [-0.2, 0) is 26.4 Å². The molecule has 0 saturated carbocycles. The first-order valence-electron chi connectivity index (χ1n) is 14.9. The molecule has 1 fully saturated rings. The van der Waals surface area contributed by atoms with Gasteiger partial charge in [0.2, 0.25) is 5.95 Å². The van der Waals surface area contributed by atoms with Crippen molar-refractivity contribution in [2.24, 2.45) is 0 Å². The Morgan fingerprint density at radius 2 is 1.60 bits per heavy atom. The molecule has 1 amide bonds. The number of amides is 1. The zero-order chi connectivity index (χ0) is 33.8. The summed E-state index contributed by atoms with van der Waals surface area (Å²) in [5.41, 5.74) is 1.21. The second-order valence-electron chi connectivity index (χ2n) is 10.9. The summed E-state index contributed by atoms with van der Waals surface area (Å²) in [5, 5.41) is 2.99. The van der Waals surface area contributed by atoms with Gasteiger partial charge in [0, 0.05) is 43.8 Å². The molecule has 1 aromatic heterocycles. The predicted octanol–water partition coefficient (Wildman–Crippen LogP) is 8.23. The standard InChI is InChI=1S/C30H37ClF3N5O4.C2H6/c1-6-20(21(7-2)18-26(40)43-31)8-13-25-24(30(32,33)34)19-35-27(37-25)36-22-9-11-23(12-10-22)38-14-16-39(17-15-38)28(41)42-29(3,4)5;1-2/h6-7,9-12,19H,8,13-18H2,1-5H3,(H,35,36,37);1-2H3/b20-6-,21-7-;. The quantitative estimate of drug-likeness (QED) is 0.270. The van der Waals surface area contributed by atoms with E-state index >= 15 is 0 Å². The number of hydrogen-bond acceptors (Lipinski definition) is 8. The Bertz CT molecular complexity index is 1330. The first-order chi connectivity index (χ1) is 21.2. The fourth-order valence-electron chi connectivity index (χ4n) is 4.59. The third-order valence-corrected chi connectivity index (χ3v) is 6.93. The summed E-state index contributed by atoms with van der Waals surface area (Å²) in [4.78, 5) is 35.9. The Hall–Kier alpha value is -3.80. The molecule has 0 unspecified atom stereocenters. The van der Waals surface area contributed by atoms with Gasteiger partial charge in [0.05, 0.1) is 17.7 Å². The molecule has 0 radical (unpaired) electrons. The third kappa shape index (κ3) is 11.6. The lowest BCUT2D eigenvalue weighted by Gasteiger charge is -2.36. The highest BCUT2D eigenvalue weighted by atomic mass is 35.5. The second-order valence-corrected chi connectivity index (χ2v) is 11.1. The Morgan fingerprint density at radius 3 is 2.11 bits per heavy atom. The van der Waals surface area contributed by atoms with Crippen molar-refractivity contribution in [3.05, 3.63) is 65.0 Å². The second kappa shape index (κ2) is 17.0. The molecule has 13 heteroatoms. The average molecular weight is 654 g/mol. The molecule has 0 bridgehead atoms. The molecule has 248 valence electrons. The molecule has 1 aromatic carbocycles. The molecule has 1 N–H and O–H groups in total. The van der Waals surface area contributed by atoms with Crippen molar-refractivity contribution in [1.29, 1.82) is 0 Å². The van der Waals surface area contributed by atoms with Crippen molar-refractivity contribution in [1.82, 2.24) is 14.9 Å². The number of halogens is 4. The Kier molecular flexibility index (Phi) is 14.2. The maximum atomic E-state index is 13.8. The lowest BCUT2D eigenvalue weighted by molar-refractivity contribution is -0.138. The number of carbonyl (C=O) groups excluding carboxylic acids is 2. The molecular weight excluding hydrogens is 611 g/mol. The number of nitrogens with zero attached hydrogens (tertiary/aromatic N) is 4. The van der Waals surface area contributed by atoms with Crippen LogP contribution in [0.3, 0.4) is 0 Å². The first-order valence-corrected chi connectivity index (χ1v) is 15.2. The van der Waals surface area contributed by atoms with Gasteiger partial charge in [0.1, 0.15) is 17.5 Å². The van der Waals surface area contributed by atoms with Crippen LogP contribution >= 0.6 is 11.9 Å². The van der Waals surface area contributed by atoms with Gasteiger partial charge in [-0.15, -0.1) is 0 Å². The third-order valence-electron chi connectivity index (χ3n) is 6.75. The van der Waals surface area contributed by atoms with Gasteiger partial charge in [-0.2, -0.15) is 13.2 Å². The van der Waals surface area contributed by atoms with Gasteiger partial charge in [-0.1, -0.05) is 26.0 Å². The molecule has 9 nitrogen and oxygen atoms in total. The number of allylic oxidation sites excluding steroid dienone is 3. The number of ether oxygens (including phenoxy) is 1. The molecular formula is C32H43ClF3N5O4. The number of hydrogen-bond donors (Lipinski definition) is 1. The van der Waals surface area contributed by atoms with Crippen LogP contribution in [0.4, 0.5) is 35.3 Å². The maximum absolute atomic E-state index is 13.8. The predicted molar refractivity (Wildman–Crippen MR) is 171 cm³/mol. The number of piperazine rings is 1. The van der Waals surface area contributed by atoms with Crippen molar-refractivity contribution < 1.29 is 31.8 Å². The van der Waals surface area contributed by atoms with Gasteiger partial charge in [0.25, 0.3) is 0 Å². The van der Waals surface area contributed by atoms with Crippen LogP contribution in [0.5, 0.6) is 0 Å². The fourth-order valence-corrected chi connectivity index (χ4v) is 4.64. The van der Waals surface area contributed by atoms with E-state index in [-0.39, 0.29) is 37.0 Å². The highest BCUT2D eigenvalue weighted by Gasteiger charge is 2.35. The van der Waals surface area contributed by atoms with Crippen LogP contribution in [0.15, 0.2) is 53.8 Å². The SMILES string of the molecule is C/C=C(CCc1nc(Nc2ccc(N3CCN(C(=O)OC(C)(C)C)CC3)cc2)ncc1C(F)(F)F)\C(=C/C)CC(=O)OCl.CC. The van der Waals surface area contributed by atoms with Gasteiger partial charge in [0.15, 0.2) is 0 Å². The topological polar surface area (TPSA) is 96.9 Å². The van der Waals surface area contributed by atoms with Crippen LogP contribution in [0.1, 0.15) is 72.6 Å². The maximum Gasteiger partial charge on any atom is 0.419 e. The van der Waals surface area contributed by atoms with Crippen LogP contribution in [0.25, 0.3) is 0 Å². The van der Waals surface area contributed by atoms with E-state index in [1.807, 2.05) is 46.8 Å². The van der Waals surface area contributed by atoms with Crippen molar-refractivity contribution in [3.8, 4) is 0 Å². The molecule has 0 atom stereocenters. The minimum Gasteiger partial charge on any atom is -0.444 e. The van der Waals surface area contributed by atoms with Crippen LogP contribution in [0, 0.1) is 0 Å². The lowest BCUT2D eigenvalue weighted by Crippen LogP contribution is -2.50. The molecule has 0 spiro atoms. The van der Waals surface area contributed by atoms with E-state index in [2.05, 4.69) is 24.5 Å². The van der Waals surface area contributed by atoms with E-state index < -0.39 is 23.3 Å². The monoisotopic (exact) mass is 653 g/mol. The molecule has 1 aliphatic heterocycles. The van der Waals surface area contributed by atoms with Crippen LogP contribution in [-0.4, -0.2) is 58.7 Å². The first kappa shape index (κ1) is 37.4. The van der Waals surface area contributed by atoms with Gasteiger partial charge < -0.3 is 24.1 Å². The lowest BCUT2D eigenvalue weighted by atomic mass is 9.96. The zero-order valence-corrected chi connectivity index (χ0v) is 27.7. The summed E-state index contributed by atoms with van der Waals surface area (Å²) in [6.45, 7) is 15.3. The van der Waals surface area contributed by atoms with Gasteiger partial charge in [-0.3, -0.25) is 4.79 Å². The van der Waals surface area contributed by atoms with E-state index in [0.717, 1.165) is 11.9 Å². The number of rotatable bonds is 9. The number of anilines is 3. The molecule has 3 rings (SSSR count). The van der Waals surface area contributed by atoms with E-state index in [9.17, 15) is 22.8 Å². The zero-order valence-electron chi connectivity index (χ0n) is 26.9. The number of aromatic nitrogens is 2. The molecule has 0 aliphatic carbocycles. The van der Waals surface area contributed by atoms with Crippen molar-refractivity contribution in [3.63, 3.8) is 0 Å². The van der Waals surface area contributed by atoms with E-state index in [1.165, 1.54) is 0 Å². The molecule has 1 aliphatic rings. The van der Waals surface area contributed by atoms with E-state index in [0.29, 0.717) is 43.0 Å². The molecule has 1 saturated heterocycles. The number of alkyl halides is 3. The van der Waals surface area contributed by atoms with Gasteiger partial charge in [-0.05, 0) is 82.9 Å². The summed E-state index contributed by atoms with van der Waals surface area (Å²) in [6.07, 6.45) is -0.672. The van der Waals surface area contributed by atoms with Gasteiger partial charge >= 0.3 is 18.2 Å². The number of carbonyl (C=O) groups is 2. The van der Waals surface area contributed by atoms with Gasteiger partial charge in [-0.25, -0.2) is 14.8 Å². The normalized spacial score (nSPS) is 14.4. The summed E-state index contributed by atoms with van der Waals surface area (Å²) in [7, 11) is 0. The van der Waals surface area contributed by atoms with Crippen molar-refractivity contribution in [2.75, 3.05) is 36.4 Å². The molecule has 2 heterocycles. The highest BCUT2D eigenvalue weighted by Crippen LogP contribution is 2.33. The summed E-state index contributed by atoms with van der Waals surface area (Å²) in [5.74, 6) is -0.631. The van der Waals surface area contributed by atoms with E-state index in [1.54, 1.807) is 43.0 Å². The van der Waals surface area contributed by atoms with Crippen LogP contribution < -0.4 is 10.2 Å². The van der Waals surface area contributed by atoms with Crippen molar-refractivity contribution in [2.45, 2.75) is 79.5 Å². The molecule has 2 aromatic rings. The fraction of sp³-hybridized carbons (Fsp3) is 0.500. The number of nitrogens with one attached hydrogen (secondary N) is 1. The minimum atomic E-state index is -4.63. The van der Waals surface area contributed by atoms with E-state index in [4.69, 9.17) is 16.6 Å².